The molecule has 0 unspecified atom stereocenters. The van der Waals surface area contributed by atoms with E-state index in [2.05, 4.69) is 4.74 Å². The van der Waals surface area contributed by atoms with Gasteiger partial charge in [-0.15, -0.1) is 0 Å². The number of ether oxygens (including phenoxy) is 1. The minimum Gasteiger partial charge on any atom is -0.390 e. The van der Waals surface area contributed by atoms with Gasteiger partial charge in [0.2, 0.25) is 0 Å². The van der Waals surface area contributed by atoms with Crippen LogP contribution in [0.25, 0.3) is 0 Å². The second-order valence-electron chi connectivity index (χ2n) is 3.82. The first kappa shape index (κ1) is 12.8. The maximum absolute atomic E-state index is 13.6. The Labute approximate surface area is 97.6 Å². The summed E-state index contributed by atoms with van der Waals surface area (Å²) in [7, 11) is 0. The quantitative estimate of drug-likeness (QED) is 0.748. The monoisotopic (exact) mass is 266 g/mol. The van der Waals surface area contributed by atoms with Gasteiger partial charge in [-0.1, -0.05) is 0 Å². The van der Waals surface area contributed by atoms with Crippen molar-refractivity contribution < 1.29 is 23.0 Å². The molecule has 2 rings (SSSR count). The van der Waals surface area contributed by atoms with Crippen molar-refractivity contribution in [2.24, 2.45) is 0 Å². The molecule has 2 N–H and O–H groups in total. The van der Waals surface area contributed by atoms with Crippen molar-refractivity contribution in [2.75, 3.05) is 6.61 Å². The molecule has 2 heterocycles. The van der Waals surface area contributed by atoms with Crippen LogP contribution in [-0.2, 0) is 4.74 Å². The van der Waals surface area contributed by atoms with Gasteiger partial charge in [-0.05, 0) is 0 Å². The second kappa shape index (κ2) is 4.25. The molecule has 9 heteroatoms. The molecule has 1 aromatic rings. The zero-order valence-corrected chi connectivity index (χ0v) is 8.85. The molecule has 0 spiro atoms. The Morgan fingerprint density at radius 2 is 2.17 bits per heavy atom. The SMILES string of the molecule is O=c1ccn([C@@H]2O[C@](F)(CO)[C@@H](F)[C@H]2F)c(=O)[nH]1. The molecule has 0 radical (unpaired) electrons. The predicted molar refractivity (Wildman–Crippen MR) is 52.2 cm³/mol. The first-order chi connectivity index (χ1) is 8.39. The molecule has 18 heavy (non-hydrogen) atoms. The summed E-state index contributed by atoms with van der Waals surface area (Å²) in [6.07, 6.45) is -6.24. The molecular formula is C9H9F3N2O4. The number of halogens is 3. The molecule has 6 nitrogen and oxygen atoms in total. The van der Waals surface area contributed by atoms with Gasteiger partial charge in [-0.2, -0.15) is 0 Å². The van der Waals surface area contributed by atoms with Crippen LogP contribution in [0, 0.1) is 0 Å². The van der Waals surface area contributed by atoms with Crippen molar-refractivity contribution in [3.8, 4) is 0 Å². The van der Waals surface area contributed by atoms with Crippen LogP contribution >= 0.6 is 0 Å². The zero-order valence-electron chi connectivity index (χ0n) is 8.85. The van der Waals surface area contributed by atoms with E-state index in [0.29, 0.717) is 4.57 Å². The van der Waals surface area contributed by atoms with Crippen LogP contribution in [0.2, 0.25) is 0 Å². The molecule has 0 aromatic carbocycles. The van der Waals surface area contributed by atoms with Crippen molar-refractivity contribution in [1.29, 1.82) is 0 Å². The highest BCUT2D eigenvalue weighted by Gasteiger charge is 2.58. The lowest BCUT2D eigenvalue weighted by Crippen LogP contribution is -2.38. The third-order valence-electron chi connectivity index (χ3n) is 2.62. The molecule has 1 aliphatic rings. The summed E-state index contributed by atoms with van der Waals surface area (Å²) in [5.41, 5.74) is -1.81. The van der Waals surface area contributed by atoms with Crippen LogP contribution in [0.15, 0.2) is 21.9 Å². The fraction of sp³-hybridized carbons (Fsp3) is 0.556. The highest BCUT2D eigenvalue weighted by atomic mass is 19.2. The molecule has 1 fully saturated rings. The van der Waals surface area contributed by atoms with Gasteiger partial charge in [0.15, 0.2) is 18.6 Å². The summed E-state index contributed by atoms with van der Waals surface area (Å²) in [5, 5.41) is 8.64. The second-order valence-corrected chi connectivity index (χ2v) is 3.82. The Morgan fingerprint density at radius 3 is 2.67 bits per heavy atom. The zero-order chi connectivity index (χ0) is 13.5. The molecule has 0 amide bonds. The van der Waals surface area contributed by atoms with Gasteiger partial charge in [0.25, 0.3) is 11.4 Å². The Morgan fingerprint density at radius 1 is 1.50 bits per heavy atom. The van der Waals surface area contributed by atoms with E-state index < -0.39 is 42.3 Å². The largest absolute Gasteiger partial charge is 0.390 e. The minimum atomic E-state index is -3.21. The Kier molecular flexibility index (Phi) is 3.03. The molecule has 0 bridgehead atoms. The predicted octanol–water partition coefficient (Wildman–Crippen LogP) is -0.600. The molecule has 0 saturated carbocycles. The first-order valence-corrected chi connectivity index (χ1v) is 4.96. The van der Waals surface area contributed by atoms with Gasteiger partial charge < -0.3 is 9.84 Å². The van der Waals surface area contributed by atoms with Gasteiger partial charge in [-0.25, -0.2) is 18.0 Å². The normalized spacial score (nSPS) is 35.9. The average Bonchev–Trinajstić information content (AvgIpc) is 2.55. The lowest BCUT2D eigenvalue weighted by atomic mass is 10.1. The summed E-state index contributed by atoms with van der Waals surface area (Å²) in [5.74, 6) is -3.21. The van der Waals surface area contributed by atoms with E-state index in [1.807, 2.05) is 0 Å². The summed E-state index contributed by atoms with van der Waals surface area (Å²) in [4.78, 5) is 23.9. The van der Waals surface area contributed by atoms with Crippen molar-refractivity contribution in [3.63, 3.8) is 0 Å². The number of aliphatic hydroxyl groups excluding tert-OH is 1. The van der Waals surface area contributed by atoms with Crippen LogP contribution < -0.4 is 11.2 Å². The van der Waals surface area contributed by atoms with Crippen molar-refractivity contribution in [2.45, 2.75) is 24.4 Å². The number of rotatable bonds is 2. The van der Waals surface area contributed by atoms with Crippen LogP contribution in [-0.4, -0.2) is 39.5 Å². The number of hydrogen-bond acceptors (Lipinski definition) is 4. The minimum absolute atomic E-state index is 0.510. The number of hydrogen-bond donors (Lipinski definition) is 2. The summed E-state index contributed by atoms with van der Waals surface area (Å²) < 4.78 is 45.3. The Bertz CT molecular complexity index is 559. The number of alkyl halides is 3. The average molecular weight is 266 g/mol. The summed E-state index contributed by atoms with van der Waals surface area (Å²) >= 11 is 0. The van der Waals surface area contributed by atoms with Crippen molar-refractivity contribution >= 4 is 0 Å². The Hall–Kier alpha value is -1.61. The van der Waals surface area contributed by atoms with E-state index in [4.69, 9.17) is 5.11 Å². The van der Waals surface area contributed by atoms with E-state index in [0.717, 1.165) is 12.3 Å². The van der Waals surface area contributed by atoms with E-state index in [1.54, 1.807) is 4.98 Å². The van der Waals surface area contributed by atoms with Crippen molar-refractivity contribution in [1.82, 2.24) is 9.55 Å². The number of H-pyrrole nitrogens is 1. The summed E-state index contributed by atoms with van der Waals surface area (Å²) in [6, 6.07) is 0.877. The molecule has 0 aliphatic carbocycles. The lowest BCUT2D eigenvalue weighted by molar-refractivity contribution is -0.196. The lowest BCUT2D eigenvalue weighted by Gasteiger charge is -2.18. The number of aliphatic hydroxyl groups is 1. The number of nitrogens with zero attached hydrogens (tertiary/aromatic N) is 1. The third-order valence-corrected chi connectivity index (χ3v) is 2.62. The Balaban J connectivity index is 2.41. The molecular weight excluding hydrogens is 257 g/mol. The van der Waals surface area contributed by atoms with E-state index in [-0.39, 0.29) is 0 Å². The molecule has 1 aliphatic heterocycles. The van der Waals surface area contributed by atoms with Gasteiger partial charge >= 0.3 is 5.69 Å². The topological polar surface area (TPSA) is 84.3 Å². The molecule has 1 saturated heterocycles. The van der Waals surface area contributed by atoms with Gasteiger partial charge in [0.1, 0.15) is 6.61 Å². The molecule has 1 aromatic heterocycles. The fourth-order valence-corrected chi connectivity index (χ4v) is 1.68. The van der Waals surface area contributed by atoms with Crippen LogP contribution in [0.4, 0.5) is 13.2 Å². The van der Waals surface area contributed by atoms with E-state index >= 15 is 0 Å². The smallest absolute Gasteiger partial charge is 0.330 e. The standard InChI is InChI=1S/C9H9F3N2O4/c10-5-6(11)9(12,3-15)18-7(5)14-2-1-4(16)13-8(14)17/h1-2,5-7,15H,3H2,(H,13,16,17)/t5-,6+,7-,9-/m1/s1. The highest BCUT2D eigenvalue weighted by Crippen LogP contribution is 2.40. The molecule has 4 atom stereocenters. The first-order valence-electron chi connectivity index (χ1n) is 4.96. The number of aromatic amines is 1. The molecule has 100 valence electrons. The number of aromatic nitrogens is 2. The van der Waals surface area contributed by atoms with Gasteiger partial charge in [0.05, 0.1) is 0 Å². The summed E-state index contributed by atoms with van der Waals surface area (Å²) in [6.45, 7) is -1.39. The van der Waals surface area contributed by atoms with Gasteiger partial charge in [0, 0.05) is 12.3 Å². The van der Waals surface area contributed by atoms with E-state index in [9.17, 15) is 22.8 Å². The van der Waals surface area contributed by atoms with Crippen LogP contribution in [0.3, 0.4) is 0 Å². The van der Waals surface area contributed by atoms with Gasteiger partial charge in [-0.3, -0.25) is 14.3 Å². The maximum Gasteiger partial charge on any atom is 0.330 e. The number of nitrogens with one attached hydrogen (secondary N) is 1. The van der Waals surface area contributed by atoms with Crippen LogP contribution in [0.5, 0.6) is 0 Å². The van der Waals surface area contributed by atoms with Crippen molar-refractivity contribution in [3.05, 3.63) is 33.1 Å². The highest BCUT2D eigenvalue weighted by molar-refractivity contribution is 4.97. The van der Waals surface area contributed by atoms with Crippen LogP contribution in [0.1, 0.15) is 6.23 Å². The van der Waals surface area contributed by atoms with E-state index in [1.165, 1.54) is 0 Å². The third kappa shape index (κ3) is 1.85. The fourth-order valence-electron chi connectivity index (χ4n) is 1.68. The maximum atomic E-state index is 13.6.